The number of methoxy groups -OCH3 is 1. The predicted octanol–water partition coefficient (Wildman–Crippen LogP) is 3.49. The summed E-state index contributed by atoms with van der Waals surface area (Å²) in [6.07, 6.45) is -0.157. The van der Waals surface area contributed by atoms with E-state index < -0.39 is 23.9 Å². The van der Waals surface area contributed by atoms with E-state index in [1.807, 2.05) is 44.2 Å². The zero-order valence-corrected chi connectivity index (χ0v) is 18.3. The van der Waals surface area contributed by atoms with E-state index >= 15 is 0 Å². The molecule has 0 saturated carbocycles. The van der Waals surface area contributed by atoms with Crippen LogP contribution < -0.4 is 15.0 Å². The Balaban J connectivity index is 1.63. The highest BCUT2D eigenvalue weighted by Crippen LogP contribution is 2.29. The van der Waals surface area contributed by atoms with Crippen LogP contribution in [0.5, 0.6) is 5.75 Å². The molecule has 1 aliphatic heterocycles. The van der Waals surface area contributed by atoms with Crippen molar-refractivity contribution in [3.8, 4) is 5.75 Å². The summed E-state index contributed by atoms with van der Waals surface area (Å²) in [6, 6.07) is 13.1. The van der Waals surface area contributed by atoms with Crippen LogP contribution in [-0.2, 0) is 25.5 Å². The Morgan fingerprint density at radius 3 is 2.68 bits per heavy atom. The summed E-state index contributed by atoms with van der Waals surface area (Å²) in [7, 11) is 1.52. The summed E-state index contributed by atoms with van der Waals surface area (Å²) in [5, 5.41) is 2.74. The van der Waals surface area contributed by atoms with Gasteiger partial charge in [0.05, 0.1) is 18.7 Å². The minimum absolute atomic E-state index is 0.0664. The summed E-state index contributed by atoms with van der Waals surface area (Å²) in [5.41, 5.74) is 3.33. The molecule has 31 heavy (non-hydrogen) atoms. The van der Waals surface area contributed by atoms with Gasteiger partial charge in [0.1, 0.15) is 5.75 Å². The van der Waals surface area contributed by atoms with Gasteiger partial charge >= 0.3 is 5.97 Å². The lowest BCUT2D eigenvalue weighted by atomic mass is 10.1. The molecule has 2 aromatic carbocycles. The highest BCUT2D eigenvalue weighted by atomic mass is 16.5. The third kappa shape index (κ3) is 5.05. The van der Waals surface area contributed by atoms with Crippen molar-refractivity contribution in [1.29, 1.82) is 0 Å². The van der Waals surface area contributed by atoms with Crippen molar-refractivity contribution in [2.45, 2.75) is 39.7 Å². The van der Waals surface area contributed by atoms with Gasteiger partial charge in [0.25, 0.3) is 5.91 Å². The molecule has 0 aliphatic carbocycles. The molecule has 7 heteroatoms. The van der Waals surface area contributed by atoms with Crippen molar-refractivity contribution in [1.82, 2.24) is 0 Å². The zero-order valence-electron chi connectivity index (χ0n) is 18.3. The van der Waals surface area contributed by atoms with Crippen molar-refractivity contribution < 1.29 is 23.9 Å². The molecule has 0 aromatic heterocycles. The maximum Gasteiger partial charge on any atom is 0.312 e. The Morgan fingerprint density at radius 1 is 1.23 bits per heavy atom. The zero-order chi connectivity index (χ0) is 22.5. The first-order valence-electron chi connectivity index (χ1n) is 10.4. The van der Waals surface area contributed by atoms with Crippen LogP contribution in [0.15, 0.2) is 42.5 Å². The molecule has 1 heterocycles. The van der Waals surface area contributed by atoms with Crippen molar-refractivity contribution in [2.75, 3.05) is 23.9 Å². The largest absolute Gasteiger partial charge is 0.495 e. The Bertz CT molecular complexity index is 988. The van der Waals surface area contributed by atoms with Gasteiger partial charge in [0.15, 0.2) is 6.10 Å². The second-order valence-electron chi connectivity index (χ2n) is 7.66. The fourth-order valence-electron chi connectivity index (χ4n) is 3.65. The first-order valence-corrected chi connectivity index (χ1v) is 10.4. The molecule has 1 aliphatic rings. The molecule has 0 radical (unpaired) electrons. The summed E-state index contributed by atoms with van der Waals surface area (Å²) in [5.74, 6) is -1.23. The molecule has 2 amide bonds. The third-order valence-electron chi connectivity index (χ3n) is 5.40. The van der Waals surface area contributed by atoms with Gasteiger partial charge in [-0.05, 0) is 49.6 Å². The molecule has 0 bridgehead atoms. The van der Waals surface area contributed by atoms with Crippen LogP contribution in [0.3, 0.4) is 0 Å². The number of nitrogens with zero attached hydrogens (tertiary/aromatic N) is 1. The van der Waals surface area contributed by atoms with Crippen LogP contribution in [-0.4, -0.2) is 37.5 Å². The number of para-hydroxylation sites is 1. The smallest absolute Gasteiger partial charge is 0.312 e. The van der Waals surface area contributed by atoms with Crippen molar-refractivity contribution in [3.63, 3.8) is 0 Å². The number of ether oxygens (including phenoxy) is 2. The minimum atomic E-state index is -1.01. The van der Waals surface area contributed by atoms with E-state index in [-0.39, 0.29) is 18.9 Å². The number of rotatable bonds is 7. The molecule has 1 fully saturated rings. The van der Waals surface area contributed by atoms with E-state index in [1.54, 1.807) is 17.0 Å². The number of nitrogens with one attached hydrogen (secondary N) is 1. The summed E-state index contributed by atoms with van der Waals surface area (Å²) in [6.45, 7) is 5.68. The van der Waals surface area contributed by atoms with Gasteiger partial charge in [-0.2, -0.15) is 0 Å². The average molecular weight is 424 g/mol. The van der Waals surface area contributed by atoms with Gasteiger partial charge in [0.2, 0.25) is 5.91 Å². The van der Waals surface area contributed by atoms with Gasteiger partial charge < -0.3 is 19.7 Å². The third-order valence-corrected chi connectivity index (χ3v) is 5.40. The second-order valence-corrected chi connectivity index (χ2v) is 7.66. The van der Waals surface area contributed by atoms with Crippen LogP contribution in [0.25, 0.3) is 0 Å². The molecular weight excluding hydrogens is 396 g/mol. The number of aryl methyl sites for hydroxylation is 2. The summed E-state index contributed by atoms with van der Waals surface area (Å²) < 4.78 is 10.7. The molecule has 3 rings (SSSR count). The van der Waals surface area contributed by atoms with Crippen molar-refractivity contribution in [3.05, 3.63) is 53.6 Å². The number of carbonyl (C=O) groups is 3. The minimum Gasteiger partial charge on any atom is -0.495 e. The molecular formula is C24H28N2O5. The van der Waals surface area contributed by atoms with Crippen LogP contribution in [0.2, 0.25) is 0 Å². The maximum absolute atomic E-state index is 12.7. The lowest BCUT2D eigenvalue weighted by molar-refractivity contribution is -0.157. The molecule has 0 spiro atoms. The molecule has 2 aromatic rings. The number of amides is 2. The lowest BCUT2D eigenvalue weighted by Gasteiger charge is -2.20. The van der Waals surface area contributed by atoms with E-state index in [2.05, 4.69) is 5.32 Å². The quantitative estimate of drug-likeness (QED) is 0.688. The molecule has 2 atom stereocenters. The van der Waals surface area contributed by atoms with E-state index in [4.69, 9.17) is 9.47 Å². The molecule has 164 valence electrons. The Morgan fingerprint density at radius 2 is 1.97 bits per heavy atom. The number of carbonyl (C=O) groups excluding carboxylic acids is 3. The van der Waals surface area contributed by atoms with Gasteiger partial charge in [-0.25, -0.2) is 0 Å². The highest BCUT2D eigenvalue weighted by molar-refractivity contribution is 6.01. The van der Waals surface area contributed by atoms with Crippen LogP contribution in [0.4, 0.5) is 11.4 Å². The second kappa shape index (κ2) is 9.64. The summed E-state index contributed by atoms with van der Waals surface area (Å²) >= 11 is 0. The van der Waals surface area contributed by atoms with Crippen molar-refractivity contribution in [2.24, 2.45) is 5.92 Å². The molecule has 1 saturated heterocycles. The van der Waals surface area contributed by atoms with Gasteiger partial charge in [-0.3, -0.25) is 14.4 Å². The number of hydrogen-bond acceptors (Lipinski definition) is 5. The van der Waals surface area contributed by atoms with Crippen LogP contribution in [0, 0.1) is 12.8 Å². The average Bonchev–Trinajstić information content (AvgIpc) is 3.15. The monoisotopic (exact) mass is 424 g/mol. The number of benzene rings is 2. The molecule has 7 nitrogen and oxygen atoms in total. The normalized spacial score (nSPS) is 16.7. The van der Waals surface area contributed by atoms with Gasteiger partial charge in [-0.15, -0.1) is 0 Å². The first-order chi connectivity index (χ1) is 14.8. The van der Waals surface area contributed by atoms with E-state index in [0.717, 1.165) is 23.2 Å². The number of anilines is 2. The fraction of sp³-hybridized carbons (Fsp3) is 0.375. The van der Waals surface area contributed by atoms with Crippen LogP contribution >= 0.6 is 0 Å². The maximum atomic E-state index is 12.7. The molecule has 0 unspecified atom stereocenters. The van der Waals surface area contributed by atoms with E-state index in [9.17, 15) is 14.4 Å². The number of esters is 1. The SMILES string of the molecule is CCc1ccccc1N1C[C@@H](C(=O)O[C@@H](C)C(=O)Nc2cc(C)ccc2OC)CC1=O. The Labute approximate surface area is 182 Å². The Kier molecular flexibility index (Phi) is 6.95. The molecule has 1 N–H and O–H groups in total. The Hall–Kier alpha value is -3.35. The number of hydrogen-bond donors (Lipinski definition) is 1. The highest BCUT2D eigenvalue weighted by Gasteiger charge is 2.38. The van der Waals surface area contributed by atoms with Crippen molar-refractivity contribution >= 4 is 29.2 Å². The lowest BCUT2D eigenvalue weighted by Crippen LogP contribution is -2.33. The van der Waals surface area contributed by atoms with E-state index in [0.29, 0.717) is 11.4 Å². The summed E-state index contributed by atoms with van der Waals surface area (Å²) in [4.78, 5) is 39.4. The van der Waals surface area contributed by atoms with Crippen LogP contribution in [0.1, 0.15) is 31.4 Å². The topological polar surface area (TPSA) is 84.9 Å². The van der Waals surface area contributed by atoms with Gasteiger partial charge in [0, 0.05) is 18.7 Å². The first kappa shape index (κ1) is 22.3. The fourth-order valence-corrected chi connectivity index (χ4v) is 3.65. The van der Waals surface area contributed by atoms with E-state index in [1.165, 1.54) is 14.0 Å². The van der Waals surface area contributed by atoms with Gasteiger partial charge in [-0.1, -0.05) is 31.2 Å². The standard InChI is InChI=1S/C24H28N2O5/c1-5-17-8-6-7-9-20(17)26-14-18(13-22(26)27)24(29)31-16(3)23(28)25-19-12-15(2)10-11-21(19)30-4/h6-12,16,18H,5,13-14H2,1-4H3,(H,25,28)/t16-,18-/m0/s1. The predicted molar refractivity (Wildman–Crippen MR) is 118 cm³/mol.